The molecule has 2 aromatic carbocycles. The average molecular weight is 335 g/mol. The Morgan fingerprint density at radius 1 is 1.10 bits per heavy atom. The number of aliphatic hydroxyl groups is 1. The summed E-state index contributed by atoms with van der Waals surface area (Å²) in [5, 5.41) is 10.3. The number of hydrogen-bond acceptors (Lipinski definition) is 2. The molecular formula is C17H19BrO2. The Bertz CT molecular complexity index is 564. The predicted molar refractivity (Wildman–Crippen MR) is 85.2 cm³/mol. The molecule has 0 saturated heterocycles. The molecular weight excluding hydrogens is 316 g/mol. The average Bonchev–Trinajstić information content (AvgIpc) is 2.48. The van der Waals surface area contributed by atoms with E-state index in [0.29, 0.717) is 6.42 Å². The highest BCUT2D eigenvalue weighted by molar-refractivity contribution is 9.10. The zero-order valence-electron chi connectivity index (χ0n) is 11.8. The molecule has 2 rings (SSSR count). The van der Waals surface area contributed by atoms with Gasteiger partial charge in [0.05, 0.1) is 17.7 Å². The first-order valence-electron chi connectivity index (χ1n) is 6.73. The van der Waals surface area contributed by atoms with Gasteiger partial charge < -0.3 is 9.84 Å². The van der Waals surface area contributed by atoms with Crippen molar-refractivity contribution in [3.8, 4) is 5.75 Å². The number of rotatable bonds is 5. The van der Waals surface area contributed by atoms with E-state index in [4.69, 9.17) is 4.74 Å². The number of aryl methyl sites for hydroxylation is 1. The molecule has 106 valence electrons. The van der Waals surface area contributed by atoms with Gasteiger partial charge in [0.2, 0.25) is 0 Å². The minimum absolute atomic E-state index is 0.510. The van der Waals surface area contributed by atoms with Crippen molar-refractivity contribution >= 4 is 15.9 Å². The van der Waals surface area contributed by atoms with Crippen LogP contribution in [0.1, 0.15) is 29.7 Å². The van der Waals surface area contributed by atoms with Gasteiger partial charge in [-0.3, -0.25) is 0 Å². The lowest BCUT2D eigenvalue weighted by Crippen LogP contribution is -2.02. The lowest BCUT2D eigenvalue weighted by atomic mass is 10.00. The Morgan fingerprint density at radius 2 is 1.75 bits per heavy atom. The van der Waals surface area contributed by atoms with E-state index in [9.17, 15) is 5.11 Å². The summed E-state index contributed by atoms with van der Waals surface area (Å²) >= 11 is 3.44. The third-order valence-corrected chi connectivity index (χ3v) is 4.04. The van der Waals surface area contributed by atoms with E-state index in [0.717, 1.165) is 27.8 Å². The van der Waals surface area contributed by atoms with Crippen molar-refractivity contribution < 1.29 is 9.84 Å². The molecule has 2 aromatic rings. The fraction of sp³-hybridized carbons (Fsp3) is 0.294. The summed E-state index contributed by atoms with van der Waals surface area (Å²) in [4.78, 5) is 0. The highest BCUT2D eigenvalue weighted by Gasteiger charge is 2.11. The molecule has 0 aliphatic heterocycles. The Balaban J connectivity index is 2.10. The monoisotopic (exact) mass is 334 g/mol. The second-order valence-electron chi connectivity index (χ2n) is 4.78. The first-order chi connectivity index (χ1) is 9.63. The second-order valence-corrected chi connectivity index (χ2v) is 5.64. The van der Waals surface area contributed by atoms with Crippen LogP contribution in [-0.4, -0.2) is 12.2 Å². The topological polar surface area (TPSA) is 29.5 Å². The lowest BCUT2D eigenvalue weighted by Gasteiger charge is -2.13. The van der Waals surface area contributed by atoms with E-state index in [-0.39, 0.29) is 0 Å². The lowest BCUT2D eigenvalue weighted by molar-refractivity contribution is 0.178. The molecule has 0 fully saturated rings. The van der Waals surface area contributed by atoms with Gasteiger partial charge in [0.15, 0.2) is 0 Å². The quantitative estimate of drug-likeness (QED) is 0.883. The van der Waals surface area contributed by atoms with Crippen molar-refractivity contribution in [2.75, 3.05) is 7.11 Å². The van der Waals surface area contributed by atoms with Crippen LogP contribution in [0.5, 0.6) is 5.75 Å². The smallest absolute Gasteiger partial charge is 0.133 e. The fourth-order valence-electron chi connectivity index (χ4n) is 2.14. The largest absolute Gasteiger partial charge is 0.496 e. The van der Waals surface area contributed by atoms with Crippen molar-refractivity contribution in [2.45, 2.75) is 25.9 Å². The Kier molecular flexibility index (Phi) is 5.21. The summed E-state index contributed by atoms with van der Waals surface area (Å²) in [6, 6.07) is 14.1. The van der Waals surface area contributed by atoms with Gasteiger partial charge in [-0.15, -0.1) is 0 Å². The molecule has 0 radical (unpaired) electrons. The maximum Gasteiger partial charge on any atom is 0.133 e. The molecule has 1 atom stereocenters. The normalized spacial score (nSPS) is 12.2. The van der Waals surface area contributed by atoms with E-state index in [1.165, 1.54) is 5.56 Å². The Labute approximate surface area is 128 Å². The van der Waals surface area contributed by atoms with Crippen molar-refractivity contribution in [1.82, 2.24) is 0 Å². The summed E-state index contributed by atoms with van der Waals surface area (Å²) in [5.74, 6) is 0.772. The van der Waals surface area contributed by atoms with E-state index >= 15 is 0 Å². The molecule has 3 heteroatoms. The van der Waals surface area contributed by atoms with Gasteiger partial charge in [-0.05, 0) is 51.2 Å². The number of hydrogen-bond donors (Lipinski definition) is 1. The predicted octanol–water partition coefficient (Wildman–Crippen LogP) is 4.30. The second kappa shape index (κ2) is 6.91. The van der Waals surface area contributed by atoms with Gasteiger partial charge in [0.1, 0.15) is 5.75 Å². The molecule has 0 aromatic heterocycles. The maximum atomic E-state index is 10.3. The number of benzene rings is 2. The van der Waals surface area contributed by atoms with E-state index in [2.05, 4.69) is 47.1 Å². The summed E-state index contributed by atoms with van der Waals surface area (Å²) < 4.78 is 6.05. The van der Waals surface area contributed by atoms with Crippen LogP contribution in [0.25, 0.3) is 0 Å². The fourth-order valence-corrected chi connectivity index (χ4v) is 2.70. The van der Waals surface area contributed by atoms with E-state index in [1.54, 1.807) is 7.11 Å². The highest BCUT2D eigenvalue weighted by Crippen LogP contribution is 2.29. The van der Waals surface area contributed by atoms with Crippen molar-refractivity contribution in [1.29, 1.82) is 0 Å². The van der Waals surface area contributed by atoms with Crippen LogP contribution in [0.2, 0.25) is 0 Å². The third kappa shape index (κ3) is 3.62. The molecule has 2 nitrogen and oxygen atoms in total. The van der Waals surface area contributed by atoms with Gasteiger partial charge in [-0.1, -0.05) is 37.3 Å². The first kappa shape index (κ1) is 15.1. The minimum Gasteiger partial charge on any atom is -0.496 e. The molecule has 0 amide bonds. The first-order valence-corrected chi connectivity index (χ1v) is 7.52. The summed E-state index contributed by atoms with van der Waals surface area (Å²) in [5.41, 5.74) is 3.34. The van der Waals surface area contributed by atoms with Crippen LogP contribution in [-0.2, 0) is 12.8 Å². The Morgan fingerprint density at radius 3 is 2.30 bits per heavy atom. The van der Waals surface area contributed by atoms with Crippen molar-refractivity contribution in [2.24, 2.45) is 0 Å². The summed E-state index contributed by atoms with van der Waals surface area (Å²) in [6.07, 6.45) is 1.14. The number of ether oxygens (including phenoxy) is 1. The molecule has 1 unspecified atom stereocenters. The highest BCUT2D eigenvalue weighted by atomic mass is 79.9. The van der Waals surface area contributed by atoms with Gasteiger partial charge in [0, 0.05) is 6.42 Å². The molecule has 1 N–H and O–H groups in total. The van der Waals surface area contributed by atoms with Crippen LogP contribution in [0.3, 0.4) is 0 Å². The number of aliphatic hydroxyl groups excluding tert-OH is 1. The number of halogens is 1. The van der Waals surface area contributed by atoms with Crippen molar-refractivity contribution in [3.05, 3.63) is 63.6 Å². The third-order valence-electron chi connectivity index (χ3n) is 3.42. The number of methoxy groups -OCH3 is 1. The zero-order valence-corrected chi connectivity index (χ0v) is 13.4. The standard InChI is InChI=1S/C17H19BrO2/c1-3-12-4-6-13(7-5-12)10-16(19)14-8-9-17(20-2)15(18)11-14/h4-9,11,16,19H,3,10H2,1-2H3. The van der Waals surface area contributed by atoms with Crippen LogP contribution >= 0.6 is 15.9 Å². The van der Waals surface area contributed by atoms with Crippen LogP contribution in [0, 0.1) is 0 Å². The van der Waals surface area contributed by atoms with Gasteiger partial charge in [-0.25, -0.2) is 0 Å². The zero-order chi connectivity index (χ0) is 14.5. The van der Waals surface area contributed by atoms with Gasteiger partial charge in [-0.2, -0.15) is 0 Å². The molecule has 0 aliphatic carbocycles. The SMILES string of the molecule is CCc1ccc(CC(O)c2ccc(OC)c(Br)c2)cc1. The summed E-state index contributed by atoms with van der Waals surface area (Å²) in [6.45, 7) is 2.14. The molecule has 0 aliphatic rings. The molecule has 20 heavy (non-hydrogen) atoms. The molecule has 0 bridgehead atoms. The minimum atomic E-state index is -0.510. The molecule has 0 spiro atoms. The summed E-state index contributed by atoms with van der Waals surface area (Å²) in [7, 11) is 1.63. The van der Waals surface area contributed by atoms with E-state index < -0.39 is 6.10 Å². The van der Waals surface area contributed by atoms with Crippen molar-refractivity contribution in [3.63, 3.8) is 0 Å². The van der Waals surface area contributed by atoms with Crippen LogP contribution in [0.4, 0.5) is 0 Å². The maximum absolute atomic E-state index is 10.3. The van der Waals surface area contributed by atoms with E-state index in [1.807, 2.05) is 18.2 Å². The van der Waals surface area contributed by atoms with Crippen LogP contribution in [0.15, 0.2) is 46.9 Å². The molecule has 0 heterocycles. The van der Waals surface area contributed by atoms with Crippen LogP contribution < -0.4 is 4.74 Å². The molecule has 0 saturated carbocycles. The Hall–Kier alpha value is -1.32. The van der Waals surface area contributed by atoms with Gasteiger partial charge >= 0.3 is 0 Å². The van der Waals surface area contributed by atoms with Gasteiger partial charge in [0.25, 0.3) is 0 Å².